The summed E-state index contributed by atoms with van der Waals surface area (Å²) in [6, 6.07) is 4.34. The quantitative estimate of drug-likeness (QED) is 0.671. The summed E-state index contributed by atoms with van der Waals surface area (Å²) in [4.78, 5) is 19.3. The van der Waals surface area contributed by atoms with E-state index in [4.69, 9.17) is 0 Å². The molecule has 1 aromatic rings. The average molecular weight is 325 g/mol. The van der Waals surface area contributed by atoms with E-state index in [2.05, 4.69) is 34.3 Å². The van der Waals surface area contributed by atoms with E-state index in [0.717, 1.165) is 44.6 Å². The summed E-state index contributed by atoms with van der Waals surface area (Å²) < 4.78 is 0. The molecule has 1 aliphatic heterocycles. The Kier molecular flexibility index (Phi) is 6.93. The summed E-state index contributed by atoms with van der Waals surface area (Å²) in [5.74, 6) is 0. The number of aliphatic imine (C=N–C) groups is 1. The highest BCUT2D eigenvalue weighted by molar-refractivity contribution is 8.15. The molecule has 0 N–H and O–H groups in total. The van der Waals surface area contributed by atoms with Gasteiger partial charge in [0.2, 0.25) is 0 Å². The van der Waals surface area contributed by atoms with E-state index in [0.29, 0.717) is 5.25 Å². The summed E-state index contributed by atoms with van der Waals surface area (Å²) in [7, 11) is 0. The summed E-state index contributed by atoms with van der Waals surface area (Å²) >= 11 is 3.24. The van der Waals surface area contributed by atoms with Crippen molar-refractivity contribution in [2.45, 2.75) is 44.8 Å². The van der Waals surface area contributed by atoms with Crippen LogP contribution in [0.15, 0.2) is 22.5 Å². The molecule has 1 unspecified atom stereocenters. The topological polar surface area (TPSA) is 32.7 Å². The predicted octanol–water partition coefficient (Wildman–Crippen LogP) is 4.48. The maximum Gasteiger partial charge on any atom is 0.305 e. The molecule has 1 aromatic heterocycles. The van der Waals surface area contributed by atoms with E-state index >= 15 is 0 Å². The number of carbonyl (C=O) groups is 1. The Labute approximate surface area is 135 Å². The molecule has 0 spiro atoms. The lowest BCUT2D eigenvalue weighted by Gasteiger charge is -2.22. The number of hydrogen-bond donors (Lipinski definition) is 0. The predicted molar refractivity (Wildman–Crippen MR) is 93.9 cm³/mol. The van der Waals surface area contributed by atoms with Crippen molar-refractivity contribution in [1.29, 1.82) is 0 Å². The van der Waals surface area contributed by atoms with Crippen molar-refractivity contribution >= 4 is 34.0 Å². The largest absolute Gasteiger partial charge is 0.305 e. The van der Waals surface area contributed by atoms with E-state index in [1.165, 1.54) is 23.1 Å². The number of hydrogen-bond acceptors (Lipinski definition) is 4. The molecule has 116 valence electrons. The molecule has 0 saturated carbocycles. The van der Waals surface area contributed by atoms with Gasteiger partial charge in [-0.15, -0.1) is 11.3 Å². The molecule has 0 bridgehead atoms. The number of thiophene rings is 1. The average Bonchev–Trinajstić information content (AvgIpc) is 3.06. The van der Waals surface area contributed by atoms with Crippen molar-refractivity contribution in [2.24, 2.45) is 4.99 Å². The zero-order valence-electron chi connectivity index (χ0n) is 12.9. The monoisotopic (exact) mass is 324 g/mol. The van der Waals surface area contributed by atoms with Gasteiger partial charge in [-0.3, -0.25) is 4.79 Å². The van der Waals surface area contributed by atoms with Crippen LogP contribution in [0.4, 0.5) is 4.79 Å². The van der Waals surface area contributed by atoms with E-state index in [1.54, 1.807) is 0 Å². The van der Waals surface area contributed by atoms with E-state index in [1.807, 2.05) is 18.3 Å². The van der Waals surface area contributed by atoms with Crippen LogP contribution in [-0.2, 0) is 6.42 Å². The Morgan fingerprint density at radius 2 is 2.19 bits per heavy atom. The lowest BCUT2D eigenvalue weighted by molar-refractivity contribution is 0.268. The summed E-state index contributed by atoms with van der Waals surface area (Å²) in [6.45, 7) is 7.63. The third kappa shape index (κ3) is 5.57. The van der Waals surface area contributed by atoms with Gasteiger partial charge in [0.1, 0.15) is 0 Å². The minimum Gasteiger partial charge on any atom is -0.303 e. The van der Waals surface area contributed by atoms with Gasteiger partial charge in [-0.1, -0.05) is 24.8 Å². The lowest BCUT2D eigenvalue weighted by Crippen LogP contribution is -2.28. The highest BCUT2D eigenvalue weighted by Crippen LogP contribution is 2.26. The van der Waals surface area contributed by atoms with E-state index in [9.17, 15) is 4.79 Å². The Bertz CT molecular complexity index is 471. The van der Waals surface area contributed by atoms with Crippen molar-refractivity contribution in [3.05, 3.63) is 22.4 Å². The van der Waals surface area contributed by atoms with Gasteiger partial charge in [-0.2, -0.15) is 0 Å². The van der Waals surface area contributed by atoms with Crippen molar-refractivity contribution in [3.63, 3.8) is 0 Å². The number of nitrogens with zero attached hydrogens (tertiary/aromatic N) is 2. The third-order valence-electron chi connectivity index (χ3n) is 3.71. The van der Waals surface area contributed by atoms with Crippen molar-refractivity contribution in [1.82, 2.24) is 4.90 Å². The molecule has 1 aliphatic rings. The second-order valence-electron chi connectivity index (χ2n) is 5.44. The summed E-state index contributed by atoms with van der Waals surface area (Å²) in [6.07, 6.45) is 4.55. The van der Waals surface area contributed by atoms with Gasteiger partial charge in [0, 0.05) is 17.1 Å². The Hall–Kier alpha value is -0.650. The minimum atomic E-state index is -0.0133. The van der Waals surface area contributed by atoms with Crippen LogP contribution >= 0.6 is 23.1 Å². The fourth-order valence-electron chi connectivity index (χ4n) is 2.59. The SMILES string of the molecule is CCCN(CCCC1SC(=O)N=C1C)CCc1cccs1. The second kappa shape index (κ2) is 8.71. The molecule has 3 nitrogen and oxygen atoms in total. The van der Waals surface area contributed by atoms with Crippen LogP contribution in [0.25, 0.3) is 0 Å². The van der Waals surface area contributed by atoms with Crippen LogP contribution in [0, 0.1) is 0 Å². The van der Waals surface area contributed by atoms with E-state index in [-0.39, 0.29) is 5.24 Å². The molecule has 2 rings (SSSR count). The number of amides is 1. The first-order chi connectivity index (χ1) is 10.2. The normalized spacial score (nSPS) is 18.5. The zero-order valence-corrected chi connectivity index (χ0v) is 14.5. The highest BCUT2D eigenvalue weighted by atomic mass is 32.2. The van der Waals surface area contributed by atoms with Gasteiger partial charge in [0.05, 0.1) is 5.25 Å². The van der Waals surface area contributed by atoms with Gasteiger partial charge >= 0.3 is 5.24 Å². The lowest BCUT2D eigenvalue weighted by atomic mass is 10.1. The standard InChI is InChI=1S/C16H24N2OS2/c1-3-9-18(11-8-14-6-5-12-20-14)10-4-7-15-13(2)17-16(19)21-15/h5-6,12,15H,3-4,7-11H2,1-2H3. The number of thioether (sulfide) groups is 1. The molecule has 0 aromatic carbocycles. The summed E-state index contributed by atoms with van der Waals surface area (Å²) in [5, 5.41) is 2.45. The Morgan fingerprint density at radius 1 is 1.33 bits per heavy atom. The van der Waals surface area contributed by atoms with Crippen molar-refractivity contribution in [3.8, 4) is 0 Å². The van der Waals surface area contributed by atoms with Crippen LogP contribution in [0.3, 0.4) is 0 Å². The Balaban J connectivity index is 1.70. The molecule has 0 saturated heterocycles. The fourth-order valence-corrected chi connectivity index (χ4v) is 4.24. The maximum absolute atomic E-state index is 11.3. The second-order valence-corrected chi connectivity index (χ2v) is 7.63. The number of carbonyl (C=O) groups excluding carboxylic acids is 1. The molecule has 0 radical (unpaired) electrons. The first kappa shape index (κ1) is 16.7. The molecule has 21 heavy (non-hydrogen) atoms. The summed E-state index contributed by atoms with van der Waals surface area (Å²) in [5.41, 5.74) is 1.01. The highest BCUT2D eigenvalue weighted by Gasteiger charge is 2.24. The first-order valence-corrected chi connectivity index (χ1v) is 9.45. The van der Waals surface area contributed by atoms with Crippen molar-refractivity contribution < 1.29 is 4.79 Å². The van der Waals surface area contributed by atoms with Gasteiger partial charge in [0.25, 0.3) is 0 Å². The maximum atomic E-state index is 11.3. The smallest absolute Gasteiger partial charge is 0.303 e. The first-order valence-electron chi connectivity index (χ1n) is 7.69. The minimum absolute atomic E-state index is 0.0133. The van der Waals surface area contributed by atoms with Crippen LogP contribution in [-0.4, -0.2) is 40.7 Å². The van der Waals surface area contributed by atoms with Crippen LogP contribution in [0.2, 0.25) is 0 Å². The molecule has 5 heteroatoms. The Morgan fingerprint density at radius 3 is 2.81 bits per heavy atom. The molecule has 1 amide bonds. The molecular formula is C16H24N2OS2. The van der Waals surface area contributed by atoms with Crippen LogP contribution in [0.5, 0.6) is 0 Å². The zero-order chi connectivity index (χ0) is 15.1. The van der Waals surface area contributed by atoms with Crippen LogP contribution < -0.4 is 0 Å². The van der Waals surface area contributed by atoms with Gasteiger partial charge in [-0.25, -0.2) is 4.99 Å². The molecular weight excluding hydrogens is 300 g/mol. The molecule has 1 atom stereocenters. The third-order valence-corrected chi connectivity index (χ3v) is 5.80. The van der Waals surface area contributed by atoms with Gasteiger partial charge in [-0.05, 0) is 57.1 Å². The number of rotatable bonds is 9. The van der Waals surface area contributed by atoms with Crippen molar-refractivity contribution in [2.75, 3.05) is 19.6 Å². The van der Waals surface area contributed by atoms with Crippen LogP contribution in [0.1, 0.15) is 38.0 Å². The van der Waals surface area contributed by atoms with E-state index < -0.39 is 0 Å². The fraction of sp³-hybridized carbons (Fsp3) is 0.625. The molecule has 0 aliphatic carbocycles. The molecule has 2 heterocycles. The van der Waals surface area contributed by atoms with Gasteiger partial charge < -0.3 is 4.90 Å². The molecule has 0 fully saturated rings. The van der Waals surface area contributed by atoms with Gasteiger partial charge in [0.15, 0.2) is 0 Å².